The molecule has 0 aromatic heterocycles. The van der Waals surface area contributed by atoms with Gasteiger partial charge in [0.25, 0.3) is 0 Å². The van der Waals surface area contributed by atoms with Crippen LogP contribution in [0.3, 0.4) is 0 Å². The third-order valence-electron chi connectivity index (χ3n) is 2.50. The number of nitrogens with zero attached hydrogens (tertiary/aromatic N) is 1. The molecule has 1 aromatic rings. The quantitative estimate of drug-likeness (QED) is 0.734. The normalized spacial score (nSPS) is 17.9. The van der Waals surface area contributed by atoms with E-state index in [0.29, 0.717) is 17.8 Å². The number of anilines is 2. The van der Waals surface area contributed by atoms with Gasteiger partial charge in [0, 0.05) is 12.1 Å². The van der Waals surface area contributed by atoms with E-state index in [0.717, 1.165) is 0 Å². The van der Waals surface area contributed by atoms with Crippen LogP contribution in [0.25, 0.3) is 0 Å². The van der Waals surface area contributed by atoms with Crippen LogP contribution >= 0.6 is 0 Å². The largest absolute Gasteiger partial charge is 0.396 e. The Hall–Kier alpha value is -1.30. The molecule has 0 atom stereocenters. The molecule has 1 aliphatic rings. The molecule has 0 bridgehead atoms. The van der Waals surface area contributed by atoms with Gasteiger partial charge in [-0.1, -0.05) is 0 Å². The molecule has 82 valence electrons. The number of sulfonamides is 1. The number of benzene rings is 1. The van der Waals surface area contributed by atoms with Crippen molar-refractivity contribution in [3.8, 4) is 0 Å². The minimum absolute atomic E-state index is 0.0629. The lowest BCUT2D eigenvalue weighted by Gasteiger charge is -2.15. The molecule has 0 radical (unpaired) electrons. The molecule has 15 heavy (non-hydrogen) atoms. The third kappa shape index (κ3) is 1.36. The number of nitrogens with two attached hydrogens (primary N) is 1. The maximum Gasteiger partial charge on any atom is 0.239 e. The molecule has 0 saturated carbocycles. The van der Waals surface area contributed by atoms with Gasteiger partial charge in [0.05, 0.1) is 17.1 Å². The second-order valence-corrected chi connectivity index (χ2v) is 5.27. The highest BCUT2D eigenvalue weighted by Gasteiger charge is 2.34. The van der Waals surface area contributed by atoms with E-state index < -0.39 is 15.8 Å². The Balaban J connectivity index is 2.67. The van der Waals surface area contributed by atoms with Crippen molar-refractivity contribution in [2.75, 3.05) is 16.6 Å². The SMILES string of the molecule is CCN1c2ccc(F)c(N)c2CS1(=O)=O. The smallest absolute Gasteiger partial charge is 0.239 e. The van der Waals surface area contributed by atoms with E-state index in [-0.39, 0.29) is 11.4 Å². The van der Waals surface area contributed by atoms with Crippen molar-refractivity contribution in [3.05, 3.63) is 23.5 Å². The van der Waals surface area contributed by atoms with E-state index in [1.807, 2.05) is 0 Å². The van der Waals surface area contributed by atoms with Crippen molar-refractivity contribution in [1.82, 2.24) is 0 Å². The van der Waals surface area contributed by atoms with Crippen LogP contribution in [0.2, 0.25) is 0 Å². The van der Waals surface area contributed by atoms with E-state index in [1.54, 1.807) is 6.92 Å². The molecule has 0 unspecified atom stereocenters. The molecule has 0 fully saturated rings. The van der Waals surface area contributed by atoms with Gasteiger partial charge in [-0.2, -0.15) is 0 Å². The monoisotopic (exact) mass is 230 g/mol. The second-order valence-electron chi connectivity index (χ2n) is 3.38. The Morgan fingerprint density at radius 1 is 1.53 bits per heavy atom. The molecule has 2 N–H and O–H groups in total. The lowest BCUT2D eigenvalue weighted by atomic mass is 10.1. The van der Waals surface area contributed by atoms with Crippen molar-refractivity contribution < 1.29 is 12.8 Å². The molecule has 2 rings (SSSR count). The first kappa shape index (κ1) is 10.2. The summed E-state index contributed by atoms with van der Waals surface area (Å²) in [6.45, 7) is 2.06. The number of nitrogen functional groups attached to an aromatic ring is 1. The number of hydrogen-bond acceptors (Lipinski definition) is 3. The standard InChI is InChI=1S/C9H11FN2O2S/c1-2-12-8-4-3-7(10)9(11)6(8)5-15(12,13)14/h3-4H,2,5,11H2,1H3. The van der Waals surface area contributed by atoms with Gasteiger partial charge in [0.1, 0.15) is 5.82 Å². The van der Waals surface area contributed by atoms with Crippen LogP contribution in [0.15, 0.2) is 12.1 Å². The van der Waals surface area contributed by atoms with Crippen molar-refractivity contribution in [2.24, 2.45) is 0 Å². The summed E-state index contributed by atoms with van der Waals surface area (Å²) in [5, 5.41) is 0. The second kappa shape index (κ2) is 3.10. The van der Waals surface area contributed by atoms with Gasteiger partial charge in [-0.25, -0.2) is 12.8 Å². The van der Waals surface area contributed by atoms with E-state index in [4.69, 9.17) is 5.73 Å². The summed E-state index contributed by atoms with van der Waals surface area (Å²) in [5.74, 6) is -0.776. The maximum absolute atomic E-state index is 13.1. The number of halogens is 1. The van der Waals surface area contributed by atoms with Gasteiger partial charge in [-0.05, 0) is 19.1 Å². The van der Waals surface area contributed by atoms with Crippen molar-refractivity contribution in [3.63, 3.8) is 0 Å². The molecule has 1 aromatic carbocycles. The number of hydrogen-bond donors (Lipinski definition) is 1. The van der Waals surface area contributed by atoms with Crippen molar-refractivity contribution in [1.29, 1.82) is 0 Å². The molecule has 0 aliphatic carbocycles. The summed E-state index contributed by atoms with van der Waals surface area (Å²) in [4.78, 5) is 0. The van der Waals surface area contributed by atoms with Crippen molar-refractivity contribution >= 4 is 21.4 Å². The molecule has 6 heteroatoms. The Labute approximate surface area is 87.5 Å². The molecule has 0 spiro atoms. The summed E-state index contributed by atoms with van der Waals surface area (Å²) >= 11 is 0. The lowest BCUT2D eigenvalue weighted by molar-refractivity contribution is 0.594. The highest BCUT2D eigenvalue weighted by molar-refractivity contribution is 7.92. The van der Waals surface area contributed by atoms with Crippen LogP contribution in [-0.4, -0.2) is 15.0 Å². The van der Waals surface area contributed by atoms with E-state index >= 15 is 0 Å². The first-order valence-corrected chi connectivity index (χ1v) is 6.15. The van der Waals surface area contributed by atoms with Crippen LogP contribution in [-0.2, 0) is 15.8 Å². The number of rotatable bonds is 1. The first-order valence-electron chi connectivity index (χ1n) is 4.54. The van der Waals surface area contributed by atoms with Crippen LogP contribution in [0.1, 0.15) is 12.5 Å². The fourth-order valence-electron chi connectivity index (χ4n) is 1.79. The zero-order valence-corrected chi connectivity index (χ0v) is 9.01. The average Bonchev–Trinajstić information content (AvgIpc) is 2.43. The maximum atomic E-state index is 13.1. The Morgan fingerprint density at radius 3 is 2.80 bits per heavy atom. The predicted molar refractivity (Wildman–Crippen MR) is 56.5 cm³/mol. The van der Waals surface area contributed by atoms with E-state index in [1.165, 1.54) is 16.4 Å². The highest BCUT2D eigenvalue weighted by atomic mass is 32.2. The Morgan fingerprint density at radius 2 is 2.20 bits per heavy atom. The molecule has 0 saturated heterocycles. The molecule has 0 amide bonds. The molecular formula is C9H11FN2O2S. The van der Waals surface area contributed by atoms with E-state index in [9.17, 15) is 12.8 Å². The van der Waals surface area contributed by atoms with E-state index in [2.05, 4.69) is 0 Å². The molecule has 4 nitrogen and oxygen atoms in total. The molecule has 1 aliphatic heterocycles. The van der Waals surface area contributed by atoms with Crippen LogP contribution < -0.4 is 10.0 Å². The Kier molecular flexibility index (Phi) is 2.11. The lowest BCUT2D eigenvalue weighted by Crippen LogP contribution is -2.25. The first-order chi connectivity index (χ1) is 6.97. The minimum atomic E-state index is -3.35. The zero-order chi connectivity index (χ0) is 11.2. The van der Waals surface area contributed by atoms with Gasteiger partial charge in [0.15, 0.2) is 0 Å². The fraction of sp³-hybridized carbons (Fsp3) is 0.333. The van der Waals surface area contributed by atoms with Gasteiger partial charge in [0.2, 0.25) is 10.0 Å². The summed E-state index contributed by atoms with van der Waals surface area (Å²) < 4.78 is 37.7. The number of fused-ring (bicyclic) bond motifs is 1. The predicted octanol–water partition coefficient (Wildman–Crippen LogP) is 1.08. The fourth-order valence-corrected chi connectivity index (χ4v) is 3.48. The van der Waals surface area contributed by atoms with Crippen LogP contribution in [0, 0.1) is 5.82 Å². The summed E-state index contributed by atoms with van der Waals surface area (Å²) in [6, 6.07) is 2.65. The summed E-state index contributed by atoms with van der Waals surface area (Å²) in [5.41, 5.74) is 6.31. The topological polar surface area (TPSA) is 63.4 Å². The Bertz CT molecular complexity index is 513. The summed E-state index contributed by atoms with van der Waals surface area (Å²) in [7, 11) is -3.35. The van der Waals surface area contributed by atoms with Crippen LogP contribution in [0.4, 0.5) is 15.8 Å². The average molecular weight is 230 g/mol. The van der Waals surface area contributed by atoms with Crippen LogP contribution in [0.5, 0.6) is 0 Å². The zero-order valence-electron chi connectivity index (χ0n) is 8.20. The minimum Gasteiger partial charge on any atom is -0.396 e. The molecular weight excluding hydrogens is 219 g/mol. The molecule has 1 heterocycles. The van der Waals surface area contributed by atoms with Gasteiger partial charge in [-0.15, -0.1) is 0 Å². The highest BCUT2D eigenvalue weighted by Crippen LogP contribution is 2.37. The summed E-state index contributed by atoms with van der Waals surface area (Å²) in [6.07, 6.45) is 0. The van der Waals surface area contributed by atoms with Gasteiger partial charge < -0.3 is 5.73 Å². The third-order valence-corrected chi connectivity index (χ3v) is 4.28. The van der Waals surface area contributed by atoms with Crippen molar-refractivity contribution in [2.45, 2.75) is 12.7 Å². The van der Waals surface area contributed by atoms with Gasteiger partial charge in [-0.3, -0.25) is 4.31 Å². The van der Waals surface area contributed by atoms with Gasteiger partial charge >= 0.3 is 0 Å².